The first-order valence-electron chi connectivity index (χ1n) is 4.88. The second kappa shape index (κ2) is 3.17. The highest BCUT2D eigenvalue weighted by Gasteiger charge is 2.40. The van der Waals surface area contributed by atoms with Gasteiger partial charge in [0.1, 0.15) is 0 Å². The number of nitrogens with one attached hydrogen (secondary N) is 1. The molecule has 2 aliphatic rings. The Bertz CT molecular complexity index is 192. The van der Waals surface area contributed by atoms with E-state index in [1.54, 1.807) is 0 Å². The molecule has 13 heavy (non-hydrogen) atoms. The molecule has 1 saturated carbocycles. The minimum atomic E-state index is -2.48. The summed E-state index contributed by atoms with van der Waals surface area (Å²) in [7, 11) is 2.02. The van der Waals surface area contributed by atoms with Gasteiger partial charge in [0.05, 0.1) is 6.54 Å². The van der Waals surface area contributed by atoms with E-state index in [1.807, 2.05) is 7.05 Å². The lowest BCUT2D eigenvalue weighted by atomic mass is 10.2. The van der Waals surface area contributed by atoms with Crippen molar-refractivity contribution in [1.29, 1.82) is 0 Å². The molecule has 1 saturated heterocycles. The van der Waals surface area contributed by atoms with Crippen molar-refractivity contribution >= 4 is 0 Å². The summed E-state index contributed by atoms with van der Waals surface area (Å²) in [5.41, 5.74) is 0. The Morgan fingerprint density at radius 3 is 2.62 bits per heavy atom. The molecule has 0 bridgehead atoms. The van der Waals surface area contributed by atoms with Crippen molar-refractivity contribution in [3.63, 3.8) is 0 Å². The highest BCUT2D eigenvalue weighted by Crippen LogP contribution is 2.29. The molecular weight excluding hydrogens is 174 g/mol. The highest BCUT2D eigenvalue weighted by molar-refractivity contribution is 4.91. The van der Waals surface area contributed by atoms with Gasteiger partial charge in [-0.3, -0.25) is 0 Å². The van der Waals surface area contributed by atoms with E-state index in [0.29, 0.717) is 6.04 Å². The lowest BCUT2D eigenvalue weighted by molar-refractivity contribution is 0.0201. The van der Waals surface area contributed by atoms with Crippen LogP contribution in [0.25, 0.3) is 0 Å². The molecule has 1 unspecified atom stereocenters. The minimum absolute atomic E-state index is 0.00403. The monoisotopic (exact) mass is 190 g/mol. The number of hydrogen-bond acceptors (Lipinski definition) is 2. The highest BCUT2D eigenvalue weighted by atomic mass is 19.3. The van der Waals surface area contributed by atoms with Crippen molar-refractivity contribution in [3.05, 3.63) is 0 Å². The molecular formula is C9H16F2N2. The fourth-order valence-corrected chi connectivity index (χ4v) is 1.94. The van der Waals surface area contributed by atoms with Crippen molar-refractivity contribution in [2.45, 2.75) is 37.3 Å². The summed E-state index contributed by atoms with van der Waals surface area (Å²) in [6, 6.07) is 0.650. The Hall–Kier alpha value is -0.220. The van der Waals surface area contributed by atoms with E-state index in [4.69, 9.17) is 0 Å². The van der Waals surface area contributed by atoms with Gasteiger partial charge < -0.3 is 10.2 Å². The first-order valence-corrected chi connectivity index (χ1v) is 4.88. The minimum Gasteiger partial charge on any atom is -0.307 e. The third-order valence-corrected chi connectivity index (χ3v) is 2.87. The van der Waals surface area contributed by atoms with Crippen LogP contribution < -0.4 is 5.32 Å². The zero-order valence-corrected chi connectivity index (χ0v) is 7.89. The first kappa shape index (κ1) is 9.34. The lowest BCUT2D eigenvalue weighted by Gasteiger charge is -2.20. The number of rotatable bonds is 3. The molecule has 2 nitrogen and oxygen atoms in total. The molecule has 2 rings (SSSR count). The largest absolute Gasteiger partial charge is 0.307 e. The lowest BCUT2D eigenvalue weighted by Crippen LogP contribution is -2.36. The van der Waals surface area contributed by atoms with Crippen LogP contribution in [0, 0.1) is 0 Å². The van der Waals surface area contributed by atoms with Crippen molar-refractivity contribution in [1.82, 2.24) is 10.2 Å². The zero-order valence-electron chi connectivity index (χ0n) is 7.89. The summed E-state index contributed by atoms with van der Waals surface area (Å²) in [5.74, 6) is -2.48. The van der Waals surface area contributed by atoms with E-state index in [-0.39, 0.29) is 19.0 Å². The topological polar surface area (TPSA) is 15.3 Å². The summed E-state index contributed by atoms with van der Waals surface area (Å²) in [5, 5.41) is 2.87. The van der Waals surface area contributed by atoms with Crippen LogP contribution in [0.4, 0.5) is 8.78 Å². The maximum absolute atomic E-state index is 12.8. The fraction of sp³-hybridized carbons (Fsp3) is 1.00. The van der Waals surface area contributed by atoms with Gasteiger partial charge in [0.25, 0.3) is 5.92 Å². The van der Waals surface area contributed by atoms with Crippen LogP contribution >= 0.6 is 0 Å². The first-order chi connectivity index (χ1) is 6.07. The Morgan fingerprint density at radius 1 is 1.46 bits per heavy atom. The summed E-state index contributed by atoms with van der Waals surface area (Å²) in [6.45, 7) is 0.621. The van der Waals surface area contributed by atoms with Gasteiger partial charge in [-0.25, -0.2) is 8.78 Å². The van der Waals surface area contributed by atoms with E-state index in [1.165, 1.54) is 12.8 Å². The third-order valence-electron chi connectivity index (χ3n) is 2.87. The van der Waals surface area contributed by atoms with Crippen molar-refractivity contribution < 1.29 is 8.78 Å². The Morgan fingerprint density at radius 2 is 2.15 bits per heavy atom. The van der Waals surface area contributed by atoms with Crippen molar-refractivity contribution in [2.24, 2.45) is 0 Å². The van der Waals surface area contributed by atoms with Gasteiger partial charge in [0.2, 0.25) is 0 Å². The second-order valence-corrected chi connectivity index (χ2v) is 4.31. The maximum atomic E-state index is 12.8. The van der Waals surface area contributed by atoms with Gasteiger partial charge in [-0.1, -0.05) is 0 Å². The van der Waals surface area contributed by atoms with Crippen LogP contribution in [-0.2, 0) is 0 Å². The Labute approximate surface area is 77.3 Å². The molecule has 76 valence electrons. The molecule has 0 radical (unpaired) electrons. The van der Waals surface area contributed by atoms with Crippen molar-refractivity contribution in [2.75, 3.05) is 20.1 Å². The molecule has 0 aromatic heterocycles. The fourth-order valence-electron chi connectivity index (χ4n) is 1.94. The van der Waals surface area contributed by atoms with E-state index in [9.17, 15) is 8.78 Å². The van der Waals surface area contributed by atoms with Crippen molar-refractivity contribution in [3.8, 4) is 0 Å². The molecule has 1 heterocycles. The van der Waals surface area contributed by atoms with Crippen LogP contribution in [0.5, 0.6) is 0 Å². The van der Waals surface area contributed by atoms with Gasteiger partial charge in [-0.15, -0.1) is 0 Å². The van der Waals surface area contributed by atoms with Crippen LogP contribution in [0.15, 0.2) is 0 Å². The molecule has 1 N–H and O–H groups in total. The van der Waals surface area contributed by atoms with E-state index in [0.717, 1.165) is 6.54 Å². The normalized spacial score (nSPS) is 32.8. The Balaban J connectivity index is 1.76. The standard InChI is InChI=1S/C9H16F2N2/c1-13(8-2-3-8)5-7-4-9(10,11)6-12-7/h7-8,12H,2-6H2,1H3. The molecule has 0 aromatic rings. The quantitative estimate of drug-likeness (QED) is 0.716. The van der Waals surface area contributed by atoms with Crippen LogP contribution in [0.1, 0.15) is 19.3 Å². The van der Waals surface area contributed by atoms with Crippen LogP contribution in [-0.4, -0.2) is 43.0 Å². The van der Waals surface area contributed by atoms with Crippen LogP contribution in [0.2, 0.25) is 0 Å². The predicted octanol–water partition coefficient (Wildman–Crippen LogP) is 1.08. The number of nitrogens with zero attached hydrogens (tertiary/aromatic N) is 1. The zero-order chi connectivity index (χ0) is 9.47. The molecule has 1 aliphatic carbocycles. The molecule has 1 atom stereocenters. The summed E-state index contributed by atoms with van der Waals surface area (Å²) < 4.78 is 25.6. The van der Waals surface area contributed by atoms with Gasteiger partial charge in [0.15, 0.2) is 0 Å². The molecule has 0 spiro atoms. The number of halogens is 2. The number of alkyl halides is 2. The average molecular weight is 190 g/mol. The molecule has 4 heteroatoms. The van der Waals surface area contributed by atoms with Gasteiger partial charge in [-0.05, 0) is 19.9 Å². The SMILES string of the molecule is CN(CC1CC(F)(F)CN1)C1CC1. The Kier molecular flexibility index (Phi) is 2.28. The molecule has 0 aromatic carbocycles. The number of likely N-dealkylation sites (N-methyl/N-ethyl adjacent to an activating group) is 1. The summed E-state index contributed by atoms with van der Waals surface area (Å²) in [6.07, 6.45) is 2.48. The summed E-state index contributed by atoms with van der Waals surface area (Å²) in [4.78, 5) is 2.19. The average Bonchev–Trinajstić information content (AvgIpc) is 2.78. The van der Waals surface area contributed by atoms with E-state index in [2.05, 4.69) is 10.2 Å². The maximum Gasteiger partial charge on any atom is 0.261 e. The second-order valence-electron chi connectivity index (χ2n) is 4.31. The number of hydrogen-bond donors (Lipinski definition) is 1. The molecule has 2 fully saturated rings. The van der Waals surface area contributed by atoms with Gasteiger partial charge >= 0.3 is 0 Å². The smallest absolute Gasteiger partial charge is 0.261 e. The van der Waals surface area contributed by atoms with Crippen LogP contribution in [0.3, 0.4) is 0 Å². The molecule has 1 aliphatic heterocycles. The van der Waals surface area contributed by atoms with Gasteiger partial charge in [0, 0.05) is 25.0 Å². The van der Waals surface area contributed by atoms with E-state index >= 15 is 0 Å². The molecule has 0 amide bonds. The third kappa shape index (κ3) is 2.38. The van der Waals surface area contributed by atoms with Gasteiger partial charge in [-0.2, -0.15) is 0 Å². The summed E-state index contributed by atoms with van der Waals surface area (Å²) >= 11 is 0. The predicted molar refractivity (Wildman–Crippen MR) is 47.0 cm³/mol. The van der Waals surface area contributed by atoms with E-state index < -0.39 is 5.92 Å².